The molecule has 0 saturated heterocycles. The molecular formula is C28H32NO+. The zero-order valence-electron chi connectivity index (χ0n) is 20.3. The third kappa shape index (κ3) is 3.33. The van der Waals surface area contributed by atoms with Crippen molar-refractivity contribution in [1.29, 1.82) is 0 Å². The molecular weight excluding hydrogens is 366 g/mol. The second kappa shape index (κ2) is 7.58. The van der Waals surface area contributed by atoms with Crippen LogP contribution in [0.4, 0.5) is 0 Å². The van der Waals surface area contributed by atoms with E-state index in [-0.39, 0.29) is 5.60 Å². The van der Waals surface area contributed by atoms with E-state index in [0.29, 0.717) is 12.0 Å². The molecule has 0 atom stereocenters. The maximum atomic E-state index is 8.92. The lowest BCUT2D eigenvalue weighted by Crippen LogP contribution is -2.42. The van der Waals surface area contributed by atoms with Crippen LogP contribution in [0.5, 0.6) is 5.75 Å². The maximum absolute atomic E-state index is 8.92. The van der Waals surface area contributed by atoms with Gasteiger partial charge < -0.3 is 4.74 Å². The number of pyridine rings is 1. The summed E-state index contributed by atoms with van der Waals surface area (Å²) < 4.78 is 26.8. The van der Waals surface area contributed by atoms with Gasteiger partial charge in [0, 0.05) is 14.4 Å². The van der Waals surface area contributed by atoms with Crippen molar-refractivity contribution in [2.45, 2.75) is 64.3 Å². The van der Waals surface area contributed by atoms with Gasteiger partial charge in [-0.2, -0.15) is 0 Å². The Labute approximate surface area is 183 Å². The topological polar surface area (TPSA) is 13.1 Å². The molecule has 1 aliphatic heterocycles. The Balaban J connectivity index is 1.68. The van der Waals surface area contributed by atoms with E-state index in [1.165, 1.54) is 23.1 Å². The van der Waals surface area contributed by atoms with Crippen LogP contribution in [0.1, 0.15) is 58.0 Å². The molecule has 2 heteroatoms. The van der Waals surface area contributed by atoms with Crippen molar-refractivity contribution < 1.29 is 12.0 Å². The van der Waals surface area contributed by atoms with Gasteiger partial charge in [-0.15, -0.1) is 0 Å². The highest BCUT2D eigenvalue weighted by molar-refractivity contribution is 5.74. The van der Waals surface area contributed by atoms with Gasteiger partial charge in [0.1, 0.15) is 18.4 Å². The fraction of sp³-hybridized carbons (Fsp3) is 0.393. The summed E-state index contributed by atoms with van der Waals surface area (Å²) in [6, 6.07) is 16.7. The first-order valence-electron chi connectivity index (χ1n) is 12.2. The largest absolute Gasteiger partial charge is 0.486 e. The highest BCUT2D eigenvalue weighted by atomic mass is 16.5. The summed E-state index contributed by atoms with van der Waals surface area (Å²) in [6.07, 6.45) is 6.59. The van der Waals surface area contributed by atoms with Gasteiger partial charge in [-0.05, 0) is 74.6 Å². The van der Waals surface area contributed by atoms with Crippen LogP contribution in [-0.2, 0) is 13.4 Å². The number of aromatic nitrogens is 1. The number of hydrogen-bond donors (Lipinski definition) is 0. The Morgan fingerprint density at radius 1 is 0.933 bits per heavy atom. The number of benzene rings is 2. The van der Waals surface area contributed by atoms with E-state index in [0.717, 1.165) is 48.3 Å². The Morgan fingerprint density at radius 2 is 1.70 bits per heavy atom. The lowest BCUT2D eigenvalue weighted by Gasteiger charge is -2.42. The van der Waals surface area contributed by atoms with E-state index < -0.39 is 6.37 Å². The zero-order valence-corrected chi connectivity index (χ0v) is 18.3. The predicted molar refractivity (Wildman–Crippen MR) is 123 cm³/mol. The number of rotatable bonds is 2. The van der Waals surface area contributed by atoms with E-state index in [9.17, 15) is 0 Å². The van der Waals surface area contributed by atoms with E-state index in [4.69, 9.17) is 7.48 Å². The summed E-state index contributed by atoms with van der Waals surface area (Å²) in [5.74, 6) is 0.755. The number of fused-ring (bicyclic) bond motifs is 1. The SMILES string of the molecule is [2H]C1([2H])CC2(CCCCC2)Oc2c1ccc(C)c2-c1cc(C)c(-c2ccccc2)c[n+]1C. The fourth-order valence-electron chi connectivity index (χ4n) is 5.15. The first kappa shape index (κ1) is 17.1. The van der Waals surface area contributed by atoms with E-state index in [1.54, 1.807) is 0 Å². The molecule has 1 aromatic heterocycles. The fourth-order valence-corrected chi connectivity index (χ4v) is 5.15. The zero-order chi connectivity index (χ0) is 22.5. The van der Waals surface area contributed by atoms with Crippen LogP contribution in [0, 0.1) is 13.8 Å². The first-order valence-corrected chi connectivity index (χ1v) is 11.2. The number of ether oxygens (including phenoxy) is 1. The van der Waals surface area contributed by atoms with Crippen molar-refractivity contribution in [2.24, 2.45) is 7.05 Å². The molecule has 0 radical (unpaired) electrons. The summed E-state index contributed by atoms with van der Waals surface area (Å²) in [4.78, 5) is 0. The Hall–Kier alpha value is -2.61. The summed E-state index contributed by atoms with van der Waals surface area (Å²) >= 11 is 0. The normalized spacial score (nSPS) is 20.1. The van der Waals surface area contributed by atoms with Crippen LogP contribution in [0.25, 0.3) is 22.4 Å². The number of aryl methyl sites for hydroxylation is 4. The third-order valence-corrected chi connectivity index (χ3v) is 6.87. The van der Waals surface area contributed by atoms with Gasteiger partial charge in [0.15, 0.2) is 6.20 Å². The molecule has 0 bridgehead atoms. The van der Waals surface area contributed by atoms with Crippen LogP contribution in [0.15, 0.2) is 54.7 Å². The van der Waals surface area contributed by atoms with Gasteiger partial charge in [0.25, 0.3) is 0 Å². The minimum Gasteiger partial charge on any atom is -0.486 e. The predicted octanol–water partition coefficient (Wildman–Crippen LogP) is 6.49. The smallest absolute Gasteiger partial charge is 0.216 e. The molecule has 1 spiro atoms. The van der Waals surface area contributed by atoms with Crippen LogP contribution >= 0.6 is 0 Å². The van der Waals surface area contributed by atoms with Gasteiger partial charge in [-0.1, -0.05) is 48.9 Å². The summed E-state index contributed by atoms with van der Waals surface area (Å²) in [7, 11) is 2.08. The first-order chi connectivity index (χ1) is 15.3. The van der Waals surface area contributed by atoms with Gasteiger partial charge in [-0.3, -0.25) is 0 Å². The lowest BCUT2D eigenvalue weighted by molar-refractivity contribution is -0.660. The number of nitrogens with zero attached hydrogens (tertiary/aromatic N) is 1. The van der Waals surface area contributed by atoms with Gasteiger partial charge in [0.2, 0.25) is 5.69 Å². The summed E-state index contributed by atoms with van der Waals surface area (Å²) in [6.45, 7) is 4.26. The van der Waals surface area contributed by atoms with E-state index >= 15 is 0 Å². The summed E-state index contributed by atoms with van der Waals surface area (Å²) in [5.41, 5.74) is 7.14. The average molecular weight is 401 g/mol. The highest BCUT2D eigenvalue weighted by Crippen LogP contribution is 2.46. The van der Waals surface area contributed by atoms with Crippen molar-refractivity contribution in [1.82, 2.24) is 0 Å². The van der Waals surface area contributed by atoms with E-state index in [2.05, 4.69) is 68.1 Å². The van der Waals surface area contributed by atoms with E-state index in [1.807, 2.05) is 12.1 Å². The van der Waals surface area contributed by atoms with Crippen molar-refractivity contribution in [2.75, 3.05) is 0 Å². The van der Waals surface area contributed by atoms with Gasteiger partial charge in [0.05, 0.1) is 5.56 Å². The molecule has 2 nitrogen and oxygen atoms in total. The lowest BCUT2D eigenvalue weighted by atomic mass is 9.78. The van der Waals surface area contributed by atoms with Gasteiger partial charge >= 0.3 is 0 Å². The summed E-state index contributed by atoms with van der Waals surface area (Å²) in [5, 5.41) is 0. The minimum atomic E-state index is -1.38. The Bertz CT molecular complexity index is 1160. The standard InChI is InChI=1S/C28H32NO/c1-20-12-13-23-14-17-28(15-8-5-9-16-28)30-27(23)26(20)25-18-21(2)24(19-29(25)3)22-10-6-4-7-11-22/h4,6-7,10-13,18-19H,5,8-9,14-17H2,1-3H3/q+1/i14D2. The molecule has 154 valence electrons. The molecule has 2 aliphatic rings. The molecule has 2 heterocycles. The van der Waals surface area contributed by atoms with Gasteiger partial charge in [-0.25, -0.2) is 4.57 Å². The quantitative estimate of drug-likeness (QED) is 0.448. The van der Waals surface area contributed by atoms with Crippen LogP contribution in [-0.4, -0.2) is 5.60 Å². The second-order valence-electron chi connectivity index (χ2n) is 9.07. The molecule has 5 rings (SSSR count). The maximum Gasteiger partial charge on any atom is 0.216 e. The molecule has 2 aromatic carbocycles. The molecule has 1 aliphatic carbocycles. The van der Waals surface area contributed by atoms with Crippen molar-refractivity contribution in [3.8, 4) is 28.1 Å². The van der Waals surface area contributed by atoms with Crippen molar-refractivity contribution in [3.05, 3.63) is 71.4 Å². The molecule has 3 aromatic rings. The Kier molecular flexibility index (Phi) is 4.32. The molecule has 0 N–H and O–H groups in total. The Morgan fingerprint density at radius 3 is 2.47 bits per heavy atom. The molecule has 30 heavy (non-hydrogen) atoms. The molecule has 0 amide bonds. The van der Waals surface area contributed by atoms with Crippen LogP contribution in [0.3, 0.4) is 0 Å². The van der Waals surface area contributed by atoms with Crippen molar-refractivity contribution >= 4 is 0 Å². The monoisotopic (exact) mass is 400 g/mol. The second-order valence-corrected chi connectivity index (χ2v) is 9.07. The molecule has 0 unspecified atom stereocenters. The molecule has 1 fully saturated rings. The number of hydrogen-bond acceptors (Lipinski definition) is 1. The average Bonchev–Trinajstić information content (AvgIpc) is 2.76. The highest BCUT2D eigenvalue weighted by Gasteiger charge is 2.39. The molecule has 1 saturated carbocycles. The van der Waals surface area contributed by atoms with Crippen LogP contribution in [0.2, 0.25) is 0 Å². The van der Waals surface area contributed by atoms with Crippen LogP contribution < -0.4 is 9.30 Å². The van der Waals surface area contributed by atoms with Crippen molar-refractivity contribution in [3.63, 3.8) is 0 Å². The minimum absolute atomic E-state index is 0.380. The third-order valence-electron chi connectivity index (χ3n) is 6.87.